The molecule has 11 rings (SSSR count). The minimum absolute atomic E-state index is 0.922. The van der Waals surface area contributed by atoms with Crippen LogP contribution in [0.15, 0.2) is 211 Å². The summed E-state index contributed by atoms with van der Waals surface area (Å²) in [5.74, 6) is 0.928. The molecule has 0 atom stereocenters. The van der Waals surface area contributed by atoms with Gasteiger partial charge in [-0.05, 0) is 109 Å². The van der Waals surface area contributed by atoms with Gasteiger partial charge in [-0.15, -0.1) is 0 Å². The summed E-state index contributed by atoms with van der Waals surface area (Å²) < 4.78 is 6.31. The van der Waals surface area contributed by atoms with Gasteiger partial charge in [0.2, 0.25) is 0 Å². The average molecular weight is 728 g/mol. The molecule has 10 aromatic carbocycles. The van der Waals surface area contributed by atoms with Gasteiger partial charge in [0.1, 0.15) is 11.3 Å². The molecule has 11 aromatic rings. The van der Waals surface area contributed by atoms with Gasteiger partial charge in [0, 0.05) is 33.3 Å². The quantitative estimate of drug-likeness (QED) is 0.159. The normalized spacial score (nSPS) is 11.6. The molecule has 2 nitrogen and oxygen atoms in total. The van der Waals surface area contributed by atoms with Crippen molar-refractivity contribution in [1.29, 1.82) is 0 Å². The van der Waals surface area contributed by atoms with E-state index in [1.807, 2.05) is 12.1 Å². The monoisotopic (exact) mass is 727 g/mol. The van der Waals surface area contributed by atoms with E-state index in [9.17, 15) is 0 Å². The van der Waals surface area contributed by atoms with Gasteiger partial charge in [-0.2, -0.15) is 0 Å². The molecule has 0 radical (unpaired) electrons. The van der Waals surface area contributed by atoms with E-state index in [0.29, 0.717) is 0 Å². The van der Waals surface area contributed by atoms with Crippen molar-refractivity contribution >= 4 is 71.1 Å². The number of rotatable bonds is 6. The Bertz CT molecular complexity index is 3300. The number of hydrogen-bond donors (Lipinski definition) is 0. The van der Waals surface area contributed by atoms with Crippen LogP contribution in [-0.4, -0.2) is 0 Å². The molecule has 57 heavy (non-hydrogen) atoms. The standard InChI is InChI=1S/C55H37NO/c1-36-47-15-8-9-20-54(47)57-55(36)44-14-10-13-41(33-44)39-23-21-37(22-24-39)38-27-29-45(30-28-38)56(46-31-32-50-43(34-46)26-25-40-11-2-4-16-48(40)50)53-35-42-12-3-5-17-49(42)51-18-6-7-19-52(51)53/h2-35H,1H3. The molecule has 0 N–H and O–H groups in total. The fourth-order valence-electron chi connectivity index (χ4n) is 8.73. The Balaban J connectivity index is 0.978. The summed E-state index contributed by atoms with van der Waals surface area (Å²) in [4.78, 5) is 2.42. The van der Waals surface area contributed by atoms with Gasteiger partial charge < -0.3 is 9.32 Å². The number of anilines is 3. The number of benzene rings is 10. The van der Waals surface area contributed by atoms with Crippen LogP contribution in [0, 0.1) is 6.92 Å². The Kier molecular flexibility index (Phi) is 7.75. The molecular formula is C55H37NO. The number of aryl methyl sites for hydroxylation is 1. The Morgan fingerprint density at radius 3 is 1.61 bits per heavy atom. The lowest BCUT2D eigenvalue weighted by molar-refractivity contribution is 0.629. The highest BCUT2D eigenvalue weighted by atomic mass is 16.3. The third-order valence-electron chi connectivity index (χ3n) is 11.6. The lowest BCUT2D eigenvalue weighted by atomic mass is 9.97. The van der Waals surface area contributed by atoms with Crippen molar-refractivity contribution in [1.82, 2.24) is 0 Å². The van der Waals surface area contributed by atoms with E-state index in [-0.39, 0.29) is 0 Å². The largest absolute Gasteiger partial charge is 0.456 e. The van der Waals surface area contributed by atoms with Crippen molar-refractivity contribution in [3.05, 3.63) is 212 Å². The van der Waals surface area contributed by atoms with Gasteiger partial charge in [-0.3, -0.25) is 0 Å². The zero-order valence-electron chi connectivity index (χ0n) is 31.5. The lowest BCUT2D eigenvalue weighted by Gasteiger charge is -2.28. The lowest BCUT2D eigenvalue weighted by Crippen LogP contribution is -2.10. The van der Waals surface area contributed by atoms with Gasteiger partial charge in [0.05, 0.1) is 5.69 Å². The van der Waals surface area contributed by atoms with E-state index in [4.69, 9.17) is 4.42 Å². The highest BCUT2D eigenvalue weighted by Crippen LogP contribution is 2.44. The van der Waals surface area contributed by atoms with Gasteiger partial charge >= 0.3 is 0 Å². The maximum Gasteiger partial charge on any atom is 0.138 e. The van der Waals surface area contributed by atoms with E-state index in [1.54, 1.807) is 0 Å². The van der Waals surface area contributed by atoms with Crippen molar-refractivity contribution in [3.8, 4) is 33.6 Å². The summed E-state index contributed by atoms with van der Waals surface area (Å²) in [6.45, 7) is 2.14. The SMILES string of the molecule is Cc1c(-c2cccc(-c3ccc(-c4ccc(N(c5ccc6c(ccc7ccccc76)c5)c5cc6ccccc6c6ccccc56)cc4)cc3)c2)oc2ccccc12. The topological polar surface area (TPSA) is 16.4 Å². The molecule has 0 fully saturated rings. The molecule has 0 saturated heterocycles. The van der Waals surface area contributed by atoms with Crippen LogP contribution in [0.2, 0.25) is 0 Å². The van der Waals surface area contributed by atoms with Crippen LogP contribution in [0.4, 0.5) is 17.1 Å². The maximum atomic E-state index is 6.31. The number of fused-ring (bicyclic) bond motifs is 7. The first kappa shape index (κ1) is 33.0. The fraction of sp³-hybridized carbons (Fsp3) is 0.0182. The van der Waals surface area contributed by atoms with E-state index >= 15 is 0 Å². The first-order chi connectivity index (χ1) is 28.2. The Morgan fingerprint density at radius 1 is 0.333 bits per heavy atom. The van der Waals surface area contributed by atoms with Gasteiger partial charge in [0.15, 0.2) is 0 Å². The predicted octanol–water partition coefficient (Wildman–Crippen LogP) is 15.8. The highest BCUT2D eigenvalue weighted by Gasteiger charge is 2.19. The molecule has 1 heterocycles. The van der Waals surface area contributed by atoms with Crippen molar-refractivity contribution in [2.45, 2.75) is 6.92 Å². The second-order valence-corrected chi connectivity index (χ2v) is 14.9. The number of furan rings is 1. The molecule has 0 aliphatic heterocycles. The van der Waals surface area contributed by atoms with Crippen molar-refractivity contribution in [3.63, 3.8) is 0 Å². The molecule has 268 valence electrons. The van der Waals surface area contributed by atoms with Crippen LogP contribution in [0.1, 0.15) is 5.56 Å². The smallest absolute Gasteiger partial charge is 0.138 e. The molecule has 1 aromatic heterocycles. The second-order valence-electron chi connectivity index (χ2n) is 14.9. The Hall–Kier alpha value is -7.42. The summed E-state index contributed by atoms with van der Waals surface area (Å²) >= 11 is 0. The van der Waals surface area contributed by atoms with Crippen LogP contribution in [-0.2, 0) is 0 Å². The van der Waals surface area contributed by atoms with Crippen molar-refractivity contribution < 1.29 is 4.42 Å². The minimum Gasteiger partial charge on any atom is -0.456 e. The summed E-state index contributed by atoms with van der Waals surface area (Å²) in [6.07, 6.45) is 0. The van der Waals surface area contributed by atoms with Crippen molar-refractivity contribution in [2.24, 2.45) is 0 Å². The second kappa shape index (κ2) is 13.4. The van der Waals surface area contributed by atoms with E-state index in [1.165, 1.54) is 65.3 Å². The van der Waals surface area contributed by atoms with Gasteiger partial charge in [-0.1, -0.05) is 164 Å². The van der Waals surface area contributed by atoms with Crippen LogP contribution in [0.5, 0.6) is 0 Å². The molecule has 0 saturated carbocycles. The van der Waals surface area contributed by atoms with E-state index < -0.39 is 0 Å². The molecule has 0 aliphatic rings. The third kappa shape index (κ3) is 5.65. The Morgan fingerprint density at radius 2 is 0.860 bits per heavy atom. The van der Waals surface area contributed by atoms with Crippen LogP contribution >= 0.6 is 0 Å². The Labute approximate surface area is 331 Å². The molecule has 0 amide bonds. The first-order valence-corrected chi connectivity index (χ1v) is 19.6. The zero-order chi connectivity index (χ0) is 37.9. The predicted molar refractivity (Wildman–Crippen MR) is 242 cm³/mol. The van der Waals surface area contributed by atoms with Crippen LogP contribution in [0.3, 0.4) is 0 Å². The molecule has 2 heteroatoms. The summed E-state index contributed by atoms with van der Waals surface area (Å²) in [5, 5.41) is 11.1. The number of nitrogens with zero attached hydrogens (tertiary/aromatic N) is 1. The molecule has 0 bridgehead atoms. The molecule has 0 aliphatic carbocycles. The summed E-state index contributed by atoms with van der Waals surface area (Å²) in [6, 6.07) is 74.7. The third-order valence-corrected chi connectivity index (χ3v) is 11.6. The van der Waals surface area contributed by atoms with Gasteiger partial charge in [-0.25, -0.2) is 0 Å². The van der Waals surface area contributed by atoms with E-state index in [0.717, 1.165) is 44.9 Å². The number of hydrogen-bond acceptors (Lipinski definition) is 2. The number of para-hydroxylation sites is 1. The highest BCUT2D eigenvalue weighted by molar-refractivity contribution is 6.15. The fourth-order valence-corrected chi connectivity index (χ4v) is 8.73. The maximum absolute atomic E-state index is 6.31. The van der Waals surface area contributed by atoms with Crippen LogP contribution < -0.4 is 4.90 Å². The van der Waals surface area contributed by atoms with Crippen molar-refractivity contribution in [2.75, 3.05) is 4.90 Å². The van der Waals surface area contributed by atoms with E-state index in [2.05, 4.69) is 206 Å². The average Bonchev–Trinajstić information content (AvgIpc) is 3.62. The molecule has 0 spiro atoms. The van der Waals surface area contributed by atoms with Gasteiger partial charge in [0.25, 0.3) is 0 Å². The molecule has 0 unspecified atom stereocenters. The zero-order valence-corrected chi connectivity index (χ0v) is 31.5. The minimum atomic E-state index is 0.922. The molecular weight excluding hydrogens is 691 g/mol. The van der Waals surface area contributed by atoms with Crippen LogP contribution in [0.25, 0.3) is 87.6 Å². The summed E-state index contributed by atoms with van der Waals surface area (Å²) in [7, 11) is 0. The first-order valence-electron chi connectivity index (χ1n) is 19.6. The summed E-state index contributed by atoms with van der Waals surface area (Å²) in [5.41, 5.74) is 11.2.